The fourth-order valence-electron chi connectivity index (χ4n) is 7.23. The summed E-state index contributed by atoms with van der Waals surface area (Å²) in [4.78, 5) is 10.2. The van der Waals surface area contributed by atoms with Gasteiger partial charge in [0.2, 0.25) is 0 Å². The van der Waals surface area contributed by atoms with Gasteiger partial charge in [0.05, 0.1) is 28.1 Å². The van der Waals surface area contributed by atoms with Crippen LogP contribution in [0.2, 0.25) is 0 Å². The molecule has 0 fully saturated rings. The quantitative estimate of drug-likeness (QED) is 0.130. The maximum Gasteiger partial charge on any atom is 0.155 e. The van der Waals surface area contributed by atoms with Crippen LogP contribution in [0.25, 0.3) is 60.6 Å². The van der Waals surface area contributed by atoms with Crippen molar-refractivity contribution in [1.29, 1.82) is 0 Å². The van der Waals surface area contributed by atoms with E-state index in [1.165, 1.54) is 32.9 Å². The summed E-state index contributed by atoms with van der Waals surface area (Å²) in [5, 5.41) is 4.62. The molecule has 0 aliphatic rings. The lowest BCUT2D eigenvalue weighted by Gasteiger charge is -2.12. The van der Waals surface area contributed by atoms with Crippen LogP contribution in [0.1, 0.15) is 36.6 Å². The lowest BCUT2D eigenvalue weighted by Crippen LogP contribution is -2.05. The maximum absolute atomic E-state index is 6.62. The Morgan fingerprint density at radius 2 is 1.22 bits per heavy atom. The minimum Gasteiger partial charge on any atom is -0.456 e. The second kappa shape index (κ2) is 12.7. The second-order valence-corrected chi connectivity index (χ2v) is 13.0. The Hall–Kier alpha value is -6.52. The molecule has 0 aliphatic carbocycles. The van der Waals surface area contributed by atoms with E-state index in [2.05, 4.69) is 145 Å². The highest BCUT2D eigenvalue weighted by Gasteiger charge is 2.19. The monoisotopic (exact) mass is 657 g/mol. The van der Waals surface area contributed by atoms with Gasteiger partial charge in [0.25, 0.3) is 0 Å². The van der Waals surface area contributed by atoms with Gasteiger partial charge in [-0.05, 0) is 66.4 Å². The number of amidine groups is 1. The SMILES string of the molecule is C/C(=N\C(=N/[C@@H](C)c1ccc2c(c1)oc1cccc(-n3c4ccccc4c4ccc(-c5ccccc5)cc43)c12)c1ccccc1)c1ccccc1. The van der Waals surface area contributed by atoms with Crippen LogP contribution in [0.3, 0.4) is 0 Å². The van der Waals surface area contributed by atoms with Gasteiger partial charge in [-0.2, -0.15) is 0 Å². The largest absolute Gasteiger partial charge is 0.456 e. The predicted molar refractivity (Wildman–Crippen MR) is 214 cm³/mol. The molecule has 0 N–H and O–H groups in total. The first-order valence-corrected chi connectivity index (χ1v) is 17.4. The number of hydrogen-bond acceptors (Lipinski definition) is 2. The fraction of sp³-hybridized carbons (Fsp3) is 0.0638. The zero-order valence-corrected chi connectivity index (χ0v) is 28.5. The molecule has 9 rings (SSSR count). The van der Waals surface area contributed by atoms with Gasteiger partial charge in [-0.1, -0.05) is 140 Å². The Morgan fingerprint density at radius 3 is 2.00 bits per heavy atom. The van der Waals surface area contributed by atoms with Crippen molar-refractivity contribution in [3.8, 4) is 16.8 Å². The Morgan fingerprint density at radius 1 is 0.549 bits per heavy atom. The molecule has 0 aliphatic heterocycles. The van der Waals surface area contributed by atoms with Gasteiger partial charge >= 0.3 is 0 Å². The number of furan rings is 1. The average molecular weight is 658 g/mol. The molecule has 0 bridgehead atoms. The Bertz CT molecular complexity index is 2750. The van der Waals surface area contributed by atoms with Gasteiger partial charge in [-0.3, -0.25) is 4.99 Å². The van der Waals surface area contributed by atoms with Gasteiger partial charge in [0.15, 0.2) is 5.84 Å². The topological polar surface area (TPSA) is 42.8 Å². The fourth-order valence-corrected chi connectivity index (χ4v) is 7.23. The minimum atomic E-state index is -0.154. The zero-order chi connectivity index (χ0) is 34.3. The summed E-state index contributed by atoms with van der Waals surface area (Å²) in [6, 6.07) is 59.2. The van der Waals surface area contributed by atoms with E-state index in [1.807, 2.05) is 43.3 Å². The number of benzene rings is 7. The van der Waals surface area contributed by atoms with Gasteiger partial charge in [-0.25, -0.2) is 4.99 Å². The van der Waals surface area contributed by atoms with Crippen LogP contribution in [0.5, 0.6) is 0 Å². The highest BCUT2D eigenvalue weighted by molar-refractivity contribution is 6.15. The zero-order valence-electron chi connectivity index (χ0n) is 28.5. The summed E-state index contributed by atoms with van der Waals surface area (Å²) >= 11 is 0. The molecule has 244 valence electrons. The first kappa shape index (κ1) is 30.5. The smallest absolute Gasteiger partial charge is 0.155 e. The first-order chi connectivity index (χ1) is 25.1. The maximum atomic E-state index is 6.62. The van der Waals surface area contributed by atoms with Crippen LogP contribution in [0, 0.1) is 0 Å². The Labute approximate surface area is 296 Å². The molecule has 1 atom stereocenters. The number of hydrogen-bond donors (Lipinski definition) is 0. The molecule has 7 aromatic carbocycles. The predicted octanol–water partition coefficient (Wildman–Crippen LogP) is 12.4. The van der Waals surface area contributed by atoms with E-state index in [0.717, 1.165) is 50.0 Å². The van der Waals surface area contributed by atoms with Gasteiger partial charge in [-0.15, -0.1) is 0 Å². The van der Waals surface area contributed by atoms with E-state index in [-0.39, 0.29) is 6.04 Å². The van der Waals surface area contributed by atoms with Crippen molar-refractivity contribution in [3.63, 3.8) is 0 Å². The summed E-state index contributed by atoms with van der Waals surface area (Å²) in [5.74, 6) is 0.706. The number of fused-ring (bicyclic) bond motifs is 6. The van der Waals surface area contributed by atoms with Gasteiger partial charge in [0.1, 0.15) is 11.2 Å². The molecular formula is C47H35N3O. The number of aromatic nitrogens is 1. The molecule has 2 aromatic heterocycles. The van der Waals surface area contributed by atoms with Crippen molar-refractivity contribution in [1.82, 2.24) is 4.57 Å². The second-order valence-electron chi connectivity index (χ2n) is 13.0. The molecule has 0 saturated heterocycles. The van der Waals surface area contributed by atoms with E-state index >= 15 is 0 Å². The Balaban J connectivity index is 1.18. The Kier molecular flexibility index (Phi) is 7.63. The third kappa shape index (κ3) is 5.51. The number of para-hydroxylation sites is 1. The minimum absolute atomic E-state index is 0.154. The summed E-state index contributed by atoms with van der Waals surface area (Å²) in [6.45, 7) is 4.16. The molecule has 9 aromatic rings. The van der Waals surface area contributed by atoms with Crippen LogP contribution < -0.4 is 0 Å². The number of aliphatic imine (C=N–C) groups is 2. The normalized spacial score (nSPS) is 13.1. The van der Waals surface area contributed by atoms with Crippen molar-refractivity contribution in [2.24, 2.45) is 9.98 Å². The molecule has 0 unspecified atom stereocenters. The van der Waals surface area contributed by atoms with Crippen LogP contribution in [0.4, 0.5) is 0 Å². The van der Waals surface area contributed by atoms with Gasteiger partial charge in [0, 0.05) is 27.4 Å². The van der Waals surface area contributed by atoms with E-state index in [0.29, 0.717) is 5.84 Å². The molecule has 0 saturated carbocycles. The van der Waals surface area contributed by atoms with Crippen molar-refractivity contribution >= 4 is 55.3 Å². The molecule has 0 spiro atoms. The molecular weight excluding hydrogens is 623 g/mol. The van der Waals surface area contributed by atoms with Crippen molar-refractivity contribution in [3.05, 3.63) is 187 Å². The van der Waals surface area contributed by atoms with Crippen LogP contribution in [-0.2, 0) is 0 Å². The van der Waals surface area contributed by atoms with Crippen molar-refractivity contribution < 1.29 is 4.42 Å². The van der Waals surface area contributed by atoms with E-state index < -0.39 is 0 Å². The first-order valence-electron chi connectivity index (χ1n) is 17.4. The van der Waals surface area contributed by atoms with Crippen LogP contribution >= 0.6 is 0 Å². The number of rotatable bonds is 6. The highest BCUT2D eigenvalue weighted by Crippen LogP contribution is 2.40. The summed E-state index contributed by atoms with van der Waals surface area (Å²) in [5.41, 5.74) is 11.6. The van der Waals surface area contributed by atoms with Gasteiger partial charge < -0.3 is 8.98 Å². The standard InChI is InChI=1S/C47H35N3O/c1-31(33-15-6-3-7-16-33)48-47(35-19-10-5-11-20-35)49-32(2)36-25-28-40-45(30-36)51-44-24-14-23-42(46(40)44)50-41-22-13-12-21-38(41)39-27-26-37(29-43(39)50)34-17-8-4-9-18-34/h3-30,32H,1-2H3/b48-31+,49-47-/t32-/m0/s1. The van der Waals surface area contributed by atoms with Crippen molar-refractivity contribution in [2.45, 2.75) is 19.9 Å². The highest BCUT2D eigenvalue weighted by atomic mass is 16.3. The van der Waals surface area contributed by atoms with E-state index in [4.69, 9.17) is 14.4 Å². The molecule has 4 nitrogen and oxygen atoms in total. The molecule has 0 radical (unpaired) electrons. The average Bonchev–Trinajstić information content (AvgIpc) is 3.73. The molecule has 2 heterocycles. The lowest BCUT2D eigenvalue weighted by molar-refractivity contribution is 0.666. The lowest BCUT2D eigenvalue weighted by atomic mass is 10.0. The molecule has 0 amide bonds. The van der Waals surface area contributed by atoms with Crippen molar-refractivity contribution in [2.75, 3.05) is 0 Å². The summed E-state index contributed by atoms with van der Waals surface area (Å²) < 4.78 is 9.02. The molecule has 51 heavy (non-hydrogen) atoms. The third-order valence-corrected chi connectivity index (χ3v) is 9.82. The molecule has 4 heteroatoms. The summed E-state index contributed by atoms with van der Waals surface area (Å²) in [6.07, 6.45) is 0. The van der Waals surface area contributed by atoms with E-state index in [1.54, 1.807) is 0 Å². The van der Waals surface area contributed by atoms with E-state index in [9.17, 15) is 0 Å². The van der Waals surface area contributed by atoms with Crippen LogP contribution in [0.15, 0.2) is 184 Å². The van der Waals surface area contributed by atoms with Crippen LogP contribution in [-0.4, -0.2) is 16.1 Å². The summed E-state index contributed by atoms with van der Waals surface area (Å²) in [7, 11) is 0. The number of nitrogens with zero attached hydrogens (tertiary/aromatic N) is 3. The third-order valence-electron chi connectivity index (χ3n) is 9.82.